The van der Waals surface area contributed by atoms with Crippen molar-refractivity contribution in [2.45, 2.75) is 13.3 Å². The third-order valence-corrected chi connectivity index (χ3v) is 8.84. The highest BCUT2D eigenvalue weighted by atomic mass is 32.2. The average molecular weight is 559 g/mol. The van der Waals surface area contributed by atoms with E-state index in [1.54, 1.807) is 22.7 Å². The summed E-state index contributed by atoms with van der Waals surface area (Å²) in [5.74, 6) is 1.56. The van der Waals surface area contributed by atoms with Crippen LogP contribution in [0.2, 0.25) is 0 Å². The van der Waals surface area contributed by atoms with Crippen LogP contribution < -0.4 is 15.4 Å². The SMILES string of the molecule is S=c1sc2ccccc2n1CNc1ccc(Oc2ccc(NCn3c(=S)sc4ccccc43)cc2)cc1. The second kappa shape index (κ2) is 10.5. The van der Waals surface area contributed by atoms with E-state index in [9.17, 15) is 0 Å². The van der Waals surface area contributed by atoms with Crippen LogP contribution in [0.3, 0.4) is 0 Å². The first-order valence-electron chi connectivity index (χ1n) is 11.7. The Morgan fingerprint density at radius 1 is 0.568 bits per heavy atom. The van der Waals surface area contributed by atoms with Gasteiger partial charge in [0.15, 0.2) is 7.91 Å². The van der Waals surface area contributed by atoms with Crippen LogP contribution in [0.15, 0.2) is 97.1 Å². The zero-order chi connectivity index (χ0) is 25.2. The molecule has 2 aromatic heterocycles. The molecule has 6 rings (SSSR count). The van der Waals surface area contributed by atoms with Crippen molar-refractivity contribution in [3.05, 3.63) is 105 Å². The smallest absolute Gasteiger partial charge is 0.163 e. The molecule has 0 saturated carbocycles. The molecule has 0 radical (unpaired) electrons. The quantitative estimate of drug-likeness (QED) is 0.182. The molecule has 37 heavy (non-hydrogen) atoms. The Bertz CT molecular complexity index is 1660. The van der Waals surface area contributed by atoms with E-state index >= 15 is 0 Å². The number of fused-ring (bicyclic) bond motifs is 2. The third-order valence-electron chi connectivity index (χ3n) is 5.97. The van der Waals surface area contributed by atoms with Crippen LogP contribution in [0.25, 0.3) is 20.4 Å². The van der Waals surface area contributed by atoms with Gasteiger partial charge in [0, 0.05) is 11.4 Å². The van der Waals surface area contributed by atoms with Gasteiger partial charge in [-0.05, 0) is 97.2 Å². The second-order valence-corrected chi connectivity index (χ2v) is 11.7. The molecule has 0 fully saturated rings. The van der Waals surface area contributed by atoms with E-state index in [1.165, 1.54) is 9.40 Å². The monoisotopic (exact) mass is 558 g/mol. The lowest BCUT2D eigenvalue weighted by atomic mass is 10.3. The van der Waals surface area contributed by atoms with Gasteiger partial charge in [-0.1, -0.05) is 24.3 Å². The molecule has 9 heteroatoms. The summed E-state index contributed by atoms with van der Waals surface area (Å²) in [6.45, 7) is 1.23. The molecule has 0 saturated heterocycles. The highest BCUT2D eigenvalue weighted by Gasteiger charge is 2.06. The Kier molecular flexibility index (Phi) is 6.75. The fourth-order valence-corrected chi connectivity index (χ4v) is 6.73. The second-order valence-electron chi connectivity index (χ2n) is 8.35. The number of hydrogen-bond donors (Lipinski definition) is 2. The van der Waals surface area contributed by atoms with Gasteiger partial charge < -0.3 is 24.5 Å². The van der Waals surface area contributed by atoms with Crippen LogP contribution in [0.5, 0.6) is 11.5 Å². The number of para-hydroxylation sites is 2. The Labute approximate surface area is 232 Å². The first-order valence-corrected chi connectivity index (χ1v) is 14.1. The summed E-state index contributed by atoms with van der Waals surface area (Å²) < 4.78 is 14.4. The van der Waals surface area contributed by atoms with Crippen molar-refractivity contribution < 1.29 is 4.74 Å². The summed E-state index contributed by atoms with van der Waals surface area (Å²) in [6.07, 6.45) is 0. The maximum Gasteiger partial charge on any atom is 0.163 e. The Morgan fingerprint density at radius 2 is 0.973 bits per heavy atom. The molecule has 0 amide bonds. The van der Waals surface area contributed by atoms with E-state index in [-0.39, 0.29) is 0 Å². The van der Waals surface area contributed by atoms with Crippen LogP contribution in [0, 0.1) is 7.91 Å². The molecule has 0 atom stereocenters. The van der Waals surface area contributed by atoms with E-state index in [0.717, 1.165) is 41.8 Å². The van der Waals surface area contributed by atoms with Crippen molar-refractivity contribution in [1.82, 2.24) is 9.13 Å². The van der Waals surface area contributed by atoms with Gasteiger partial charge in [0.1, 0.15) is 11.5 Å². The van der Waals surface area contributed by atoms with Crippen molar-refractivity contribution in [2.75, 3.05) is 10.6 Å². The molecule has 2 heterocycles. The predicted molar refractivity (Wildman–Crippen MR) is 162 cm³/mol. The maximum atomic E-state index is 6.05. The molecular weight excluding hydrogens is 537 g/mol. The standard InChI is InChI=1S/C28H22N4OS4/c34-27-31(23-5-1-3-7-25(23)36-27)17-29-19-9-13-21(14-10-19)33-22-15-11-20(12-16-22)30-18-32-24-6-2-4-8-26(24)37-28(32)35/h1-16,29-30H,17-18H2. The number of benzene rings is 4. The van der Waals surface area contributed by atoms with Crippen LogP contribution in [-0.4, -0.2) is 9.13 Å². The summed E-state index contributed by atoms with van der Waals surface area (Å²) >= 11 is 14.3. The zero-order valence-electron chi connectivity index (χ0n) is 19.6. The Hall–Kier alpha value is -3.50. The lowest BCUT2D eigenvalue weighted by Crippen LogP contribution is -2.07. The molecular formula is C28H22N4OS4. The minimum atomic E-state index is 0.615. The molecule has 2 N–H and O–H groups in total. The summed E-state index contributed by atoms with van der Waals surface area (Å²) in [7, 11) is 0. The van der Waals surface area contributed by atoms with E-state index in [2.05, 4.69) is 44.0 Å². The van der Waals surface area contributed by atoms with Gasteiger partial charge in [-0.15, -0.1) is 22.7 Å². The minimum Gasteiger partial charge on any atom is -0.457 e. The lowest BCUT2D eigenvalue weighted by Gasteiger charge is -2.11. The normalized spacial score (nSPS) is 11.1. The largest absolute Gasteiger partial charge is 0.457 e. The van der Waals surface area contributed by atoms with Crippen LogP contribution >= 0.6 is 47.1 Å². The number of nitrogens with zero attached hydrogens (tertiary/aromatic N) is 2. The number of anilines is 2. The fraction of sp³-hybridized carbons (Fsp3) is 0.0714. The van der Waals surface area contributed by atoms with E-state index in [4.69, 9.17) is 29.2 Å². The highest BCUT2D eigenvalue weighted by Crippen LogP contribution is 2.27. The first kappa shape index (κ1) is 23.9. The zero-order valence-corrected chi connectivity index (χ0v) is 22.9. The van der Waals surface area contributed by atoms with Gasteiger partial charge in [0.25, 0.3) is 0 Å². The Balaban J connectivity index is 1.06. The predicted octanol–water partition coefficient (Wildman–Crippen LogP) is 9.11. The van der Waals surface area contributed by atoms with Gasteiger partial charge in [-0.2, -0.15) is 0 Å². The summed E-state index contributed by atoms with van der Waals surface area (Å²) in [4.78, 5) is 0. The lowest BCUT2D eigenvalue weighted by molar-refractivity contribution is 0.483. The van der Waals surface area contributed by atoms with Crippen molar-refractivity contribution in [1.29, 1.82) is 0 Å². The van der Waals surface area contributed by atoms with Crippen LogP contribution in [0.1, 0.15) is 0 Å². The highest BCUT2D eigenvalue weighted by molar-refractivity contribution is 7.74. The minimum absolute atomic E-state index is 0.615. The van der Waals surface area contributed by atoms with Gasteiger partial charge >= 0.3 is 0 Å². The van der Waals surface area contributed by atoms with Crippen molar-refractivity contribution in [3.63, 3.8) is 0 Å². The number of nitrogens with one attached hydrogen (secondary N) is 2. The van der Waals surface area contributed by atoms with Gasteiger partial charge in [-0.3, -0.25) is 0 Å². The Morgan fingerprint density at radius 3 is 1.41 bits per heavy atom. The molecule has 0 spiro atoms. The third kappa shape index (κ3) is 5.17. The first-order chi connectivity index (χ1) is 18.1. The van der Waals surface area contributed by atoms with Crippen molar-refractivity contribution >= 4 is 78.9 Å². The molecule has 6 aromatic rings. The van der Waals surface area contributed by atoms with Gasteiger partial charge in [0.2, 0.25) is 0 Å². The van der Waals surface area contributed by atoms with Crippen LogP contribution in [-0.2, 0) is 13.3 Å². The number of rotatable bonds is 8. The van der Waals surface area contributed by atoms with Gasteiger partial charge in [0.05, 0.1) is 33.8 Å². The maximum absolute atomic E-state index is 6.05. The van der Waals surface area contributed by atoms with Gasteiger partial charge in [-0.25, -0.2) is 0 Å². The summed E-state index contributed by atoms with van der Waals surface area (Å²) in [6, 6.07) is 32.4. The van der Waals surface area contributed by atoms with E-state index < -0.39 is 0 Å². The van der Waals surface area contributed by atoms with E-state index in [1.807, 2.05) is 72.8 Å². The van der Waals surface area contributed by atoms with Crippen molar-refractivity contribution in [3.8, 4) is 11.5 Å². The number of hydrogen-bond acceptors (Lipinski definition) is 7. The fourth-order valence-electron chi connectivity index (χ4n) is 4.09. The molecule has 0 aliphatic heterocycles. The molecule has 5 nitrogen and oxygen atoms in total. The summed E-state index contributed by atoms with van der Waals surface area (Å²) in [5, 5.41) is 6.90. The number of ether oxygens (including phenoxy) is 1. The summed E-state index contributed by atoms with van der Waals surface area (Å²) in [5.41, 5.74) is 4.30. The molecule has 0 aliphatic carbocycles. The molecule has 184 valence electrons. The van der Waals surface area contributed by atoms with Crippen molar-refractivity contribution in [2.24, 2.45) is 0 Å². The molecule has 4 aromatic carbocycles. The number of aromatic nitrogens is 2. The molecule has 0 bridgehead atoms. The molecule has 0 unspecified atom stereocenters. The van der Waals surface area contributed by atoms with Crippen LogP contribution in [0.4, 0.5) is 11.4 Å². The van der Waals surface area contributed by atoms with E-state index in [0.29, 0.717) is 13.3 Å². The average Bonchev–Trinajstić information content (AvgIpc) is 3.42. The molecule has 0 aliphatic rings. The number of thiazole rings is 2. The topological polar surface area (TPSA) is 43.1 Å².